The van der Waals surface area contributed by atoms with Crippen LogP contribution in [0.15, 0.2) is 28.7 Å². The number of halogens is 1. The second-order valence-corrected chi connectivity index (χ2v) is 5.04. The molecule has 1 aromatic rings. The number of benzene rings is 1. The molecule has 1 aliphatic heterocycles. The first-order valence-corrected chi connectivity index (χ1v) is 6.13. The van der Waals surface area contributed by atoms with Gasteiger partial charge in [0.25, 0.3) is 0 Å². The third-order valence-corrected chi connectivity index (χ3v) is 3.43. The highest BCUT2D eigenvalue weighted by Crippen LogP contribution is 2.21. The lowest BCUT2D eigenvalue weighted by molar-refractivity contribution is 0.0492. The van der Waals surface area contributed by atoms with Gasteiger partial charge in [-0.05, 0) is 36.5 Å². The molecule has 2 nitrogen and oxygen atoms in total. The predicted molar refractivity (Wildman–Crippen MR) is 64.7 cm³/mol. The molecule has 0 bridgehead atoms. The van der Waals surface area contributed by atoms with E-state index >= 15 is 0 Å². The van der Waals surface area contributed by atoms with Crippen LogP contribution >= 0.6 is 15.9 Å². The van der Waals surface area contributed by atoms with Crippen molar-refractivity contribution in [2.24, 2.45) is 11.7 Å². The van der Waals surface area contributed by atoms with Crippen LogP contribution < -0.4 is 5.73 Å². The largest absolute Gasteiger partial charge is 0.380 e. The van der Waals surface area contributed by atoms with Crippen LogP contribution in [0.1, 0.15) is 12.0 Å². The van der Waals surface area contributed by atoms with Gasteiger partial charge < -0.3 is 10.5 Å². The van der Waals surface area contributed by atoms with Crippen LogP contribution in [0.3, 0.4) is 0 Å². The standard InChI is InChI=1S/C12H16BrNO/c13-11-3-1-2-9(7-11)6-10-4-5-15-8-12(10)14/h1-3,7,10,12H,4-6,8,14H2. The van der Waals surface area contributed by atoms with Crippen molar-refractivity contribution in [3.63, 3.8) is 0 Å². The summed E-state index contributed by atoms with van der Waals surface area (Å²) in [6, 6.07) is 8.64. The van der Waals surface area contributed by atoms with Gasteiger partial charge in [-0.2, -0.15) is 0 Å². The minimum atomic E-state index is 0.192. The van der Waals surface area contributed by atoms with Gasteiger partial charge in [0.05, 0.1) is 6.61 Å². The zero-order valence-electron chi connectivity index (χ0n) is 8.66. The molecule has 1 heterocycles. The Labute approximate surface area is 98.9 Å². The van der Waals surface area contributed by atoms with Gasteiger partial charge in [0, 0.05) is 17.1 Å². The Morgan fingerprint density at radius 1 is 1.47 bits per heavy atom. The van der Waals surface area contributed by atoms with Crippen molar-refractivity contribution >= 4 is 15.9 Å². The molecule has 2 unspecified atom stereocenters. The molecule has 1 saturated heterocycles. The smallest absolute Gasteiger partial charge is 0.0620 e. The fourth-order valence-corrected chi connectivity index (χ4v) is 2.47. The molecule has 15 heavy (non-hydrogen) atoms. The Bertz CT molecular complexity index is 329. The number of nitrogens with two attached hydrogens (primary N) is 1. The van der Waals surface area contributed by atoms with Crippen LogP contribution in [0, 0.1) is 5.92 Å². The molecule has 0 saturated carbocycles. The summed E-state index contributed by atoms with van der Waals surface area (Å²) < 4.78 is 6.48. The summed E-state index contributed by atoms with van der Waals surface area (Å²) in [7, 11) is 0. The highest BCUT2D eigenvalue weighted by atomic mass is 79.9. The van der Waals surface area contributed by atoms with E-state index in [1.807, 2.05) is 6.07 Å². The Hall–Kier alpha value is -0.380. The third-order valence-electron chi connectivity index (χ3n) is 2.94. The molecular formula is C12H16BrNO. The fourth-order valence-electron chi connectivity index (χ4n) is 2.02. The van der Waals surface area contributed by atoms with E-state index in [1.165, 1.54) is 5.56 Å². The molecule has 0 spiro atoms. The molecule has 82 valence electrons. The second-order valence-electron chi connectivity index (χ2n) is 4.12. The molecule has 1 aliphatic rings. The summed E-state index contributed by atoms with van der Waals surface area (Å²) in [6.45, 7) is 1.56. The van der Waals surface area contributed by atoms with E-state index in [0.717, 1.165) is 23.9 Å². The van der Waals surface area contributed by atoms with Crippen molar-refractivity contribution in [1.29, 1.82) is 0 Å². The zero-order valence-corrected chi connectivity index (χ0v) is 10.2. The fraction of sp³-hybridized carbons (Fsp3) is 0.500. The van der Waals surface area contributed by atoms with Crippen molar-refractivity contribution in [3.05, 3.63) is 34.3 Å². The quantitative estimate of drug-likeness (QED) is 0.895. The summed E-state index contributed by atoms with van der Waals surface area (Å²) in [6.07, 6.45) is 2.14. The summed E-state index contributed by atoms with van der Waals surface area (Å²) >= 11 is 3.49. The molecule has 0 aliphatic carbocycles. The minimum Gasteiger partial charge on any atom is -0.380 e. The molecule has 3 heteroatoms. The molecular weight excluding hydrogens is 254 g/mol. The van der Waals surface area contributed by atoms with E-state index in [0.29, 0.717) is 12.5 Å². The highest BCUT2D eigenvalue weighted by Gasteiger charge is 2.22. The van der Waals surface area contributed by atoms with Gasteiger partial charge in [0.2, 0.25) is 0 Å². The van der Waals surface area contributed by atoms with Crippen molar-refractivity contribution in [2.75, 3.05) is 13.2 Å². The molecule has 0 radical (unpaired) electrons. The van der Waals surface area contributed by atoms with Crippen LogP contribution in [-0.2, 0) is 11.2 Å². The van der Waals surface area contributed by atoms with Crippen molar-refractivity contribution in [1.82, 2.24) is 0 Å². The normalized spacial score (nSPS) is 26.5. The molecule has 2 N–H and O–H groups in total. The average Bonchev–Trinajstić information content (AvgIpc) is 2.22. The zero-order chi connectivity index (χ0) is 10.7. The molecule has 1 fully saturated rings. The van der Waals surface area contributed by atoms with Crippen LogP contribution in [-0.4, -0.2) is 19.3 Å². The number of ether oxygens (including phenoxy) is 1. The van der Waals surface area contributed by atoms with Crippen molar-refractivity contribution in [3.8, 4) is 0 Å². The van der Waals surface area contributed by atoms with E-state index in [4.69, 9.17) is 10.5 Å². The maximum atomic E-state index is 6.03. The predicted octanol–water partition coefficient (Wildman–Crippen LogP) is 2.36. The Balaban J connectivity index is 2.01. The van der Waals surface area contributed by atoms with E-state index in [2.05, 4.69) is 34.1 Å². The molecule has 2 atom stereocenters. The van der Waals surface area contributed by atoms with Crippen LogP contribution in [0.5, 0.6) is 0 Å². The highest BCUT2D eigenvalue weighted by molar-refractivity contribution is 9.10. The van der Waals surface area contributed by atoms with Crippen molar-refractivity contribution in [2.45, 2.75) is 18.9 Å². The first kappa shape index (κ1) is 11.1. The van der Waals surface area contributed by atoms with Crippen LogP contribution in [0.4, 0.5) is 0 Å². The van der Waals surface area contributed by atoms with Crippen LogP contribution in [0.25, 0.3) is 0 Å². The van der Waals surface area contributed by atoms with Gasteiger partial charge in [-0.3, -0.25) is 0 Å². The van der Waals surface area contributed by atoms with Gasteiger partial charge in [-0.15, -0.1) is 0 Å². The van der Waals surface area contributed by atoms with Gasteiger partial charge in [0.15, 0.2) is 0 Å². The Morgan fingerprint density at radius 3 is 3.07 bits per heavy atom. The third kappa shape index (κ3) is 3.03. The lowest BCUT2D eigenvalue weighted by Crippen LogP contribution is -2.40. The van der Waals surface area contributed by atoms with E-state index in [9.17, 15) is 0 Å². The van der Waals surface area contributed by atoms with E-state index in [1.54, 1.807) is 0 Å². The van der Waals surface area contributed by atoms with Gasteiger partial charge in [-0.25, -0.2) is 0 Å². The van der Waals surface area contributed by atoms with Crippen LogP contribution in [0.2, 0.25) is 0 Å². The van der Waals surface area contributed by atoms with E-state index in [-0.39, 0.29) is 6.04 Å². The van der Waals surface area contributed by atoms with Gasteiger partial charge in [-0.1, -0.05) is 28.1 Å². The summed E-state index contributed by atoms with van der Waals surface area (Å²) in [5, 5.41) is 0. The SMILES string of the molecule is NC1COCCC1Cc1cccc(Br)c1. The Kier molecular flexibility index (Phi) is 3.78. The molecule has 2 rings (SSSR count). The Morgan fingerprint density at radius 2 is 2.33 bits per heavy atom. The first-order valence-electron chi connectivity index (χ1n) is 5.33. The van der Waals surface area contributed by atoms with Crippen molar-refractivity contribution < 1.29 is 4.74 Å². The number of rotatable bonds is 2. The second kappa shape index (κ2) is 5.10. The van der Waals surface area contributed by atoms with Gasteiger partial charge in [0.1, 0.15) is 0 Å². The average molecular weight is 270 g/mol. The van der Waals surface area contributed by atoms with E-state index < -0.39 is 0 Å². The first-order chi connectivity index (χ1) is 7.25. The maximum Gasteiger partial charge on any atom is 0.0620 e. The summed E-state index contributed by atoms with van der Waals surface area (Å²) in [5.41, 5.74) is 7.38. The summed E-state index contributed by atoms with van der Waals surface area (Å²) in [5.74, 6) is 0.563. The molecule has 0 amide bonds. The lowest BCUT2D eigenvalue weighted by Gasteiger charge is -2.28. The number of hydrogen-bond donors (Lipinski definition) is 1. The van der Waals surface area contributed by atoms with Gasteiger partial charge >= 0.3 is 0 Å². The topological polar surface area (TPSA) is 35.2 Å². The number of hydrogen-bond acceptors (Lipinski definition) is 2. The summed E-state index contributed by atoms with van der Waals surface area (Å²) in [4.78, 5) is 0. The minimum absolute atomic E-state index is 0.192. The maximum absolute atomic E-state index is 6.03. The molecule has 1 aromatic carbocycles. The monoisotopic (exact) mass is 269 g/mol. The molecule has 0 aromatic heterocycles. The lowest BCUT2D eigenvalue weighted by atomic mass is 9.89.